The van der Waals surface area contributed by atoms with E-state index < -0.39 is 0 Å². The highest BCUT2D eigenvalue weighted by molar-refractivity contribution is 6.07. The minimum Gasteiger partial charge on any atom is -0.319 e. The molecule has 1 aliphatic rings. The van der Waals surface area contributed by atoms with Crippen LogP contribution in [0.25, 0.3) is 0 Å². The van der Waals surface area contributed by atoms with Crippen LogP contribution in [0.1, 0.15) is 18.5 Å². The van der Waals surface area contributed by atoms with Gasteiger partial charge in [0.2, 0.25) is 0 Å². The molecule has 2 N–H and O–H groups in total. The molecule has 2 unspecified atom stereocenters. The van der Waals surface area contributed by atoms with E-state index in [-0.39, 0.29) is 17.9 Å². The van der Waals surface area contributed by atoms with Crippen LogP contribution in [0.3, 0.4) is 0 Å². The Kier molecular flexibility index (Phi) is 2.51. The molecule has 2 rings (SSSR count). The standard InChI is InChI=1S/C11H12N2O2/c1-7-10(13-15-11(7)14)9(12)8-5-3-2-4-6-8/h2-7,9H,12H2,1H3. The molecule has 1 aliphatic heterocycles. The maximum atomic E-state index is 11.1. The van der Waals surface area contributed by atoms with Crippen LogP contribution in [0.5, 0.6) is 0 Å². The van der Waals surface area contributed by atoms with Crippen LogP contribution in [0.4, 0.5) is 0 Å². The van der Waals surface area contributed by atoms with Gasteiger partial charge < -0.3 is 10.6 Å². The van der Waals surface area contributed by atoms with Crippen LogP contribution in [0.2, 0.25) is 0 Å². The minimum atomic E-state index is -0.368. The third kappa shape index (κ3) is 1.76. The van der Waals surface area contributed by atoms with Crippen molar-refractivity contribution in [2.24, 2.45) is 16.8 Å². The summed E-state index contributed by atoms with van der Waals surface area (Å²) >= 11 is 0. The molecule has 0 fully saturated rings. The van der Waals surface area contributed by atoms with Crippen LogP contribution in [0, 0.1) is 5.92 Å². The van der Waals surface area contributed by atoms with Gasteiger partial charge >= 0.3 is 5.97 Å². The number of oxime groups is 1. The number of nitrogens with zero attached hydrogens (tertiary/aromatic N) is 1. The summed E-state index contributed by atoms with van der Waals surface area (Å²) < 4.78 is 0. The van der Waals surface area contributed by atoms with Crippen molar-refractivity contribution in [2.45, 2.75) is 13.0 Å². The third-order valence-corrected chi connectivity index (χ3v) is 2.52. The van der Waals surface area contributed by atoms with E-state index in [0.717, 1.165) is 5.56 Å². The molecule has 0 saturated carbocycles. The Morgan fingerprint density at radius 3 is 2.60 bits per heavy atom. The molecule has 0 amide bonds. The number of hydrogen-bond acceptors (Lipinski definition) is 4. The summed E-state index contributed by atoms with van der Waals surface area (Å²) in [6, 6.07) is 9.16. The summed E-state index contributed by atoms with van der Waals surface area (Å²) in [5.41, 5.74) is 7.51. The Morgan fingerprint density at radius 2 is 2.07 bits per heavy atom. The smallest absolute Gasteiger partial charge is 0.319 e. The summed E-state index contributed by atoms with van der Waals surface area (Å²) in [4.78, 5) is 15.7. The summed E-state index contributed by atoms with van der Waals surface area (Å²) in [6.07, 6.45) is 0. The van der Waals surface area contributed by atoms with Crippen LogP contribution in [0.15, 0.2) is 35.5 Å². The van der Waals surface area contributed by atoms with Crippen LogP contribution >= 0.6 is 0 Å². The van der Waals surface area contributed by atoms with E-state index in [0.29, 0.717) is 5.71 Å². The SMILES string of the molecule is CC1C(=O)ON=C1C(N)c1ccccc1. The highest BCUT2D eigenvalue weighted by Gasteiger charge is 2.32. The molecule has 2 atom stereocenters. The van der Waals surface area contributed by atoms with Crippen molar-refractivity contribution in [1.82, 2.24) is 0 Å². The number of carbonyl (C=O) groups excluding carboxylic acids is 1. The van der Waals surface area contributed by atoms with Crippen molar-refractivity contribution in [3.05, 3.63) is 35.9 Å². The van der Waals surface area contributed by atoms with Gasteiger partial charge in [0.25, 0.3) is 0 Å². The molecule has 78 valence electrons. The normalized spacial score (nSPS) is 22.1. The highest BCUT2D eigenvalue weighted by Crippen LogP contribution is 2.21. The zero-order valence-corrected chi connectivity index (χ0v) is 8.38. The first-order chi connectivity index (χ1) is 7.20. The predicted octanol–water partition coefficient (Wildman–Crippen LogP) is 1.24. The van der Waals surface area contributed by atoms with Crippen LogP contribution < -0.4 is 5.73 Å². The second-order valence-electron chi connectivity index (χ2n) is 3.54. The van der Waals surface area contributed by atoms with Gasteiger partial charge in [-0.25, -0.2) is 4.79 Å². The lowest BCUT2D eigenvalue weighted by molar-refractivity contribution is -0.142. The van der Waals surface area contributed by atoms with Crippen LogP contribution in [-0.4, -0.2) is 11.7 Å². The van der Waals surface area contributed by atoms with E-state index in [1.54, 1.807) is 6.92 Å². The molecule has 0 bridgehead atoms. The Balaban J connectivity index is 2.23. The number of carbonyl (C=O) groups is 1. The number of nitrogens with two attached hydrogens (primary N) is 1. The minimum absolute atomic E-state index is 0.337. The molecule has 0 radical (unpaired) electrons. The zero-order valence-electron chi connectivity index (χ0n) is 8.38. The van der Waals surface area contributed by atoms with Crippen molar-refractivity contribution >= 4 is 11.7 Å². The fourth-order valence-electron chi connectivity index (χ4n) is 1.53. The molecule has 0 aromatic heterocycles. The van der Waals surface area contributed by atoms with Gasteiger partial charge in [-0.2, -0.15) is 0 Å². The predicted molar refractivity (Wildman–Crippen MR) is 56.1 cm³/mol. The lowest BCUT2D eigenvalue weighted by Gasteiger charge is -2.12. The first-order valence-corrected chi connectivity index (χ1v) is 4.79. The first kappa shape index (κ1) is 9.86. The lowest BCUT2D eigenvalue weighted by atomic mass is 9.95. The van der Waals surface area contributed by atoms with Gasteiger partial charge in [-0.05, 0) is 12.5 Å². The summed E-state index contributed by atoms with van der Waals surface area (Å²) in [7, 11) is 0. The van der Waals surface area contributed by atoms with E-state index in [1.807, 2.05) is 30.3 Å². The van der Waals surface area contributed by atoms with Gasteiger partial charge in [0.1, 0.15) is 5.92 Å². The highest BCUT2D eigenvalue weighted by atomic mass is 16.7. The largest absolute Gasteiger partial charge is 0.343 e. The Hall–Kier alpha value is -1.68. The first-order valence-electron chi connectivity index (χ1n) is 4.79. The van der Waals surface area contributed by atoms with Gasteiger partial charge in [0, 0.05) is 0 Å². The van der Waals surface area contributed by atoms with Crippen LogP contribution in [-0.2, 0) is 9.63 Å². The van der Waals surface area contributed by atoms with E-state index in [2.05, 4.69) is 9.99 Å². The monoisotopic (exact) mass is 204 g/mol. The molecule has 4 nitrogen and oxygen atoms in total. The fourth-order valence-corrected chi connectivity index (χ4v) is 1.53. The Bertz CT molecular complexity index is 400. The Labute approximate surface area is 87.7 Å². The van der Waals surface area contributed by atoms with Crippen molar-refractivity contribution in [3.8, 4) is 0 Å². The lowest BCUT2D eigenvalue weighted by Crippen LogP contribution is -2.27. The summed E-state index contributed by atoms with van der Waals surface area (Å²) in [6.45, 7) is 1.75. The van der Waals surface area contributed by atoms with Gasteiger partial charge in [0.05, 0.1) is 11.8 Å². The second kappa shape index (κ2) is 3.82. The fraction of sp³-hybridized carbons (Fsp3) is 0.273. The average molecular weight is 204 g/mol. The van der Waals surface area contributed by atoms with Crippen molar-refractivity contribution < 1.29 is 9.63 Å². The van der Waals surface area contributed by atoms with E-state index in [1.165, 1.54) is 0 Å². The molecule has 0 spiro atoms. The van der Waals surface area contributed by atoms with E-state index in [4.69, 9.17) is 5.73 Å². The third-order valence-electron chi connectivity index (χ3n) is 2.52. The molecule has 0 aliphatic carbocycles. The molecule has 0 saturated heterocycles. The van der Waals surface area contributed by atoms with Gasteiger partial charge in [-0.3, -0.25) is 0 Å². The van der Waals surface area contributed by atoms with Crippen molar-refractivity contribution in [3.63, 3.8) is 0 Å². The Morgan fingerprint density at radius 1 is 1.40 bits per heavy atom. The molecule has 15 heavy (non-hydrogen) atoms. The maximum Gasteiger partial charge on any atom is 0.343 e. The van der Waals surface area contributed by atoms with Crippen molar-refractivity contribution in [1.29, 1.82) is 0 Å². The summed E-state index contributed by atoms with van der Waals surface area (Å²) in [5.74, 6) is -0.684. The molecule has 1 aromatic carbocycles. The summed E-state index contributed by atoms with van der Waals surface area (Å²) in [5, 5.41) is 3.72. The van der Waals surface area contributed by atoms with Gasteiger partial charge in [-0.15, -0.1) is 0 Å². The topological polar surface area (TPSA) is 64.7 Å². The molecule has 4 heteroatoms. The molecular weight excluding hydrogens is 192 g/mol. The molecular formula is C11H12N2O2. The van der Waals surface area contributed by atoms with Gasteiger partial charge in [-0.1, -0.05) is 35.5 Å². The maximum absolute atomic E-state index is 11.1. The van der Waals surface area contributed by atoms with Crippen molar-refractivity contribution in [2.75, 3.05) is 0 Å². The quantitative estimate of drug-likeness (QED) is 0.737. The average Bonchev–Trinajstić information content (AvgIpc) is 2.60. The number of benzene rings is 1. The van der Waals surface area contributed by atoms with Gasteiger partial charge in [0.15, 0.2) is 0 Å². The molecule has 1 heterocycles. The zero-order chi connectivity index (χ0) is 10.8. The number of hydrogen-bond donors (Lipinski definition) is 1. The number of rotatable bonds is 2. The second-order valence-corrected chi connectivity index (χ2v) is 3.54. The van der Waals surface area contributed by atoms with E-state index >= 15 is 0 Å². The molecule has 1 aromatic rings. The van der Waals surface area contributed by atoms with E-state index in [9.17, 15) is 4.79 Å².